The van der Waals surface area contributed by atoms with E-state index in [9.17, 15) is 24.2 Å². The Morgan fingerprint density at radius 2 is 1.81 bits per heavy atom. The van der Waals surface area contributed by atoms with E-state index in [1.807, 2.05) is 6.07 Å². The summed E-state index contributed by atoms with van der Waals surface area (Å²) in [6.45, 7) is -0.342. The number of carboxylic acid groups (broad SMARTS) is 1. The van der Waals surface area contributed by atoms with E-state index >= 15 is 0 Å². The first-order valence-corrected chi connectivity index (χ1v) is 7.72. The number of hydrogen-bond donors (Lipinski definition) is 4. The van der Waals surface area contributed by atoms with E-state index in [4.69, 9.17) is 9.84 Å². The van der Waals surface area contributed by atoms with E-state index in [2.05, 4.69) is 5.32 Å². The lowest BCUT2D eigenvalue weighted by molar-refractivity contribution is 0.0164. The maximum absolute atomic E-state index is 13.9. The average molecular weight is 363 g/mol. The summed E-state index contributed by atoms with van der Waals surface area (Å²) >= 11 is 0. The van der Waals surface area contributed by atoms with E-state index in [0.717, 1.165) is 23.8 Å². The Morgan fingerprint density at radius 3 is 2.42 bits per heavy atom. The fraction of sp³-hybridized carbons (Fsp3) is 0.222. The van der Waals surface area contributed by atoms with Crippen LogP contribution in [0.4, 0.5) is 9.18 Å². The summed E-state index contributed by atoms with van der Waals surface area (Å²) in [5.74, 6) is -2.28. The molecule has 2 aromatic carbocycles. The third kappa shape index (κ3) is 5.27. The molecule has 0 spiro atoms. The van der Waals surface area contributed by atoms with Crippen LogP contribution < -0.4 is 5.32 Å². The number of aliphatic hydroxyl groups is 2. The number of amides is 1. The molecular weight excluding hydrogens is 345 g/mol. The largest absolute Gasteiger partial charge is 0.478 e. The molecule has 2 aromatic rings. The van der Waals surface area contributed by atoms with Crippen LogP contribution in [0.25, 0.3) is 0 Å². The molecule has 0 fully saturated rings. The minimum atomic E-state index is -1.65. The fourth-order valence-electron chi connectivity index (χ4n) is 2.18. The fourth-order valence-corrected chi connectivity index (χ4v) is 2.18. The maximum atomic E-state index is 13.9. The average Bonchev–Trinajstić information content (AvgIpc) is 2.64. The van der Waals surface area contributed by atoms with Crippen LogP contribution in [0.5, 0.6) is 0 Å². The number of benzene rings is 2. The molecule has 0 aliphatic carbocycles. The van der Waals surface area contributed by atoms with Gasteiger partial charge in [-0.3, -0.25) is 0 Å². The monoisotopic (exact) mass is 363 g/mol. The molecule has 0 saturated heterocycles. The molecule has 0 saturated carbocycles. The first-order chi connectivity index (χ1) is 12.4. The molecule has 0 aliphatic rings. The summed E-state index contributed by atoms with van der Waals surface area (Å²) in [6.07, 6.45) is -3.96. The van der Waals surface area contributed by atoms with Crippen LogP contribution in [0, 0.1) is 5.82 Å². The third-order valence-corrected chi connectivity index (χ3v) is 3.60. The highest BCUT2D eigenvalue weighted by Gasteiger charge is 2.23. The van der Waals surface area contributed by atoms with Crippen LogP contribution in [-0.2, 0) is 11.3 Å². The van der Waals surface area contributed by atoms with Crippen molar-refractivity contribution in [2.75, 3.05) is 6.54 Å². The van der Waals surface area contributed by atoms with Gasteiger partial charge in [-0.15, -0.1) is 0 Å². The van der Waals surface area contributed by atoms with E-state index in [0.29, 0.717) is 0 Å². The summed E-state index contributed by atoms with van der Waals surface area (Å²) in [4.78, 5) is 22.4. The number of hydrogen-bond acceptors (Lipinski definition) is 5. The molecule has 26 heavy (non-hydrogen) atoms. The van der Waals surface area contributed by atoms with Gasteiger partial charge in [-0.05, 0) is 17.7 Å². The van der Waals surface area contributed by atoms with Gasteiger partial charge in [0.25, 0.3) is 0 Å². The van der Waals surface area contributed by atoms with E-state index in [-0.39, 0.29) is 24.3 Å². The van der Waals surface area contributed by atoms with Crippen LogP contribution in [0.2, 0.25) is 0 Å². The Labute approximate surface area is 148 Å². The van der Waals surface area contributed by atoms with Gasteiger partial charge in [0.15, 0.2) is 0 Å². The summed E-state index contributed by atoms with van der Waals surface area (Å²) in [7, 11) is 0. The predicted molar refractivity (Wildman–Crippen MR) is 89.0 cm³/mol. The van der Waals surface area contributed by atoms with Gasteiger partial charge in [0, 0.05) is 12.1 Å². The molecule has 7 nitrogen and oxygen atoms in total. The second-order valence-corrected chi connectivity index (χ2v) is 5.50. The normalized spacial score (nSPS) is 12.9. The molecule has 2 atom stereocenters. The van der Waals surface area contributed by atoms with Crippen molar-refractivity contribution in [3.05, 3.63) is 71.0 Å². The molecule has 1 amide bonds. The SMILES string of the molecule is O=C(NCC(O)C(O)c1ccc(C(=O)O)cc1F)OCc1ccccc1. The van der Waals surface area contributed by atoms with Crippen molar-refractivity contribution in [2.24, 2.45) is 0 Å². The van der Waals surface area contributed by atoms with Gasteiger partial charge in [-0.25, -0.2) is 14.0 Å². The molecule has 0 radical (unpaired) electrons. The lowest BCUT2D eigenvalue weighted by atomic mass is 10.0. The van der Waals surface area contributed by atoms with Crippen molar-refractivity contribution in [1.29, 1.82) is 0 Å². The Kier molecular flexibility index (Phi) is 6.65. The van der Waals surface area contributed by atoms with E-state index in [1.54, 1.807) is 24.3 Å². The molecule has 2 unspecified atom stereocenters. The van der Waals surface area contributed by atoms with Gasteiger partial charge in [-0.2, -0.15) is 0 Å². The summed E-state index contributed by atoms with van der Waals surface area (Å²) in [6, 6.07) is 11.9. The van der Waals surface area contributed by atoms with E-state index in [1.165, 1.54) is 0 Å². The molecule has 8 heteroatoms. The number of alkyl carbamates (subject to hydrolysis) is 1. The first kappa shape index (κ1) is 19.4. The van der Waals surface area contributed by atoms with Crippen molar-refractivity contribution in [3.8, 4) is 0 Å². The number of rotatable bonds is 7. The van der Waals surface area contributed by atoms with Gasteiger partial charge in [0.05, 0.1) is 5.56 Å². The van der Waals surface area contributed by atoms with Crippen LogP contribution in [0.3, 0.4) is 0 Å². The lowest BCUT2D eigenvalue weighted by Gasteiger charge is -2.19. The quantitative estimate of drug-likeness (QED) is 0.597. The number of aliphatic hydroxyl groups excluding tert-OH is 2. The predicted octanol–water partition coefficient (Wildman–Crippen LogP) is 1.84. The van der Waals surface area contributed by atoms with Crippen molar-refractivity contribution < 1.29 is 34.0 Å². The van der Waals surface area contributed by atoms with Crippen molar-refractivity contribution in [3.63, 3.8) is 0 Å². The highest BCUT2D eigenvalue weighted by atomic mass is 19.1. The Bertz CT molecular complexity index is 768. The number of nitrogens with one attached hydrogen (secondary N) is 1. The third-order valence-electron chi connectivity index (χ3n) is 3.60. The molecule has 2 rings (SSSR count). The van der Waals surface area contributed by atoms with Gasteiger partial charge in [-0.1, -0.05) is 36.4 Å². The molecule has 0 aliphatic heterocycles. The standard InChI is InChI=1S/C18H18FNO6/c19-14-8-12(17(23)24)6-7-13(14)16(22)15(21)9-20-18(25)26-10-11-4-2-1-3-5-11/h1-8,15-16,21-22H,9-10H2,(H,20,25)(H,23,24). The maximum Gasteiger partial charge on any atom is 0.407 e. The van der Waals surface area contributed by atoms with Crippen LogP contribution in [0.15, 0.2) is 48.5 Å². The Hall–Kier alpha value is -2.97. The summed E-state index contributed by atoms with van der Waals surface area (Å²) in [5.41, 5.74) is 0.223. The van der Waals surface area contributed by atoms with Crippen LogP contribution >= 0.6 is 0 Å². The molecule has 0 heterocycles. The van der Waals surface area contributed by atoms with Gasteiger partial charge in [0.2, 0.25) is 0 Å². The minimum Gasteiger partial charge on any atom is -0.478 e. The smallest absolute Gasteiger partial charge is 0.407 e. The van der Waals surface area contributed by atoms with Crippen LogP contribution in [-0.4, -0.2) is 40.0 Å². The number of ether oxygens (including phenoxy) is 1. The topological polar surface area (TPSA) is 116 Å². The first-order valence-electron chi connectivity index (χ1n) is 7.72. The number of carbonyl (C=O) groups excluding carboxylic acids is 1. The second-order valence-electron chi connectivity index (χ2n) is 5.50. The van der Waals surface area contributed by atoms with Crippen molar-refractivity contribution in [2.45, 2.75) is 18.8 Å². The Balaban J connectivity index is 1.85. The summed E-state index contributed by atoms with van der Waals surface area (Å²) in [5, 5.41) is 30.9. The van der Waals surface area contributed by atoms with Gasteiger partial charge in [0.1, 0.15) is 24.6 Å². The number of halogens is 1. The number of carbonyl (C=O) groups is 2. The highest BCUT2D eigenvalue weighted by Crippen LogP contribution is 2.21. The number of carboxylic acids is 1. The minimum absolute atomic E-state index is 0.0383. The van der Waals surface area contributed by atoms with Gasteiger partial charge < -0.3 is 25.4 Å². The molecule has 0 bridgehead atoms. The Morgan fingerprint density at radius 1 is 1.12 bits per heavy atom. The molecule has 0 aromatic heterocycles. The zero-order valence-electron chi connectivity index (χ0n) is 13.6. The molecule has 4 N–H and O–H groups in total. The summed E-state index contributed by atoms with van der Waals surface area (Å²) < 4.78 is 18.8. The highest BCUT2D eigenvalue weighted by molar-refractivity contribution is 5.87. The van der Waals surface area contributed by atoms with Crippen molar-refractivity contribution in [1.82, 2.24) is 5.32 Å². The zero-order chi connectivity index (χ0) is 19.1. The van der Waals surface area contributed by atoms with Gasteiger partial charge >= 0.3 is 12.1 Å². The lowest BCUT2D eigenvalue weighted by Crippen LogP contribution is -2.36. The molecule has 138 valence electrons. The molecular formula is C18H18FNO6. The van der Waals surface area contributed by atoms with Crippen LogP contribution in [0.1, 0.15) is 27.6 Å². The number of aromatic carboxylic acids is 1. The van der Waals surface area contributed by atoms with Crippen molar-refractivity contribution >= 4 is 12.1 Å². The zero-order valence-corrected chi connectivity index (χ0v) is 13.6. The second kappa shape index (κ2) is 8.93. The van der Waals surface area contributed by atoms with E-state index < -0.39 is 30.1 Å².